The number of carbonyl (C=O) groups excluding carboxylic acids is 1. The predicted molar refractivity (Wildman–Crippen MR) is 117 cm³/mol. The van der Waals surface area contributed by atoms with Gasteiger partial charge in [0.25, 0.3) is 5.56 Å². The van der Waals surface area contributed by atoms with E-state index in [1.54, 1.807) is 10.6 Å². The second-order valence-corrected chi connectivity index (χ2v) is 7.57. The Bertz CT molecular complexity index is 1040. The van der Waals surface area contributed by atoms with Gasteiger partial charge < -0.3 is 4.90 Å². The van der Waals surface area contributed by atoms with Crippen LogP contribution in [0, 0.1) is 5.92 Å². The van der Waals surface area contributed by atoms with Gasteiger partial charge >= 0.3 is 0 Å². The molecule has 0 N–H and O–H groups in total. The summed E-state index contributed by atoms with van der Waals surface area (Å²) in [5.41, 5.74) is 1.31. The third-order valence-corrected chi connectivity index (χ3v) is 5.12. The molecule has 0 saturated heterocycles. The minimum absolute atomic E-state index is 0.0840. The van der Waals surface area contributed by atoms with Gasteiger partial charge in [-0.15, -0.1) is 0 Å². The molecule has 0 aliphatic rings. The first-order valence-corrected chi connectivity index (χ1v) is 10.4. The third kappa shape index (κ3) is 4.09. The van der Waals surface area contributed by atoms with Crippen molar-refractivity contribution in [2.75, 3.05) is 6.54 Å². The summed E-state index contributed by atoms with van der Waals surface area (Å²) in [5, 5.41) is 0.576. The van der Waals surface area contributed by atoms with Crippen LogP contribution in [0.25, 0.3) is 16.6 Å². The lowest BCUT2D eigenvalue weighted by Gasteiger charge is -2.33. The Morgan fingerprint density at radius 1 is 1.03 bits per heavy atom. The Morgan fingerprint density at radius 2 is 1.69 bits per heavy atom. The van der Waals surface area contributed by atoms with E-state index in [-0.39, 0.29) is 23.4 Å². The second-order valence-electron chi connectivity index (χ2n) is 7.57. The summed E-state index contributed by atoms with van der Waals surface area (Å²) in [6.45, 7) is 8.56. The molecule has 0 fully saturated rings. The van der Waals surface area contributed by atoms with Crippen molar-refractivity contribution >= 4 is 16.8 Å². The van der Waals surface area contributed by atoms with Crippen LogP contribution >= 0.6 is 0 Å². The molecule has 0 saturated carbocycles. The van der Waals surface area contributed by atoms with E-state index in [1.165, 1.54) is 0 Å². The quantitative estimate of drug-likeness (QED) is 0.585. The summed E-state index contributed by atoms with van der Waals surface area (Å²) >= 11 is 0. The molecular weight excluding hydrogens is 362 g/mol. The highest BCUT2D eigenvalue weighted by Gasteiger charge is 2.29. The second kappa shape index (κ2) is 9.03. The molecule has 0 aliphatic carbocycles. The van der Waals surface area contributed by atoms with Gasteiger partial charge in [0.05, 0.1) is 22.6 Å². The van der Waals surface area contributed by atoms with Crippen molar-refractivity contribution in [2.45, 2.75) is 46.6 Å². The van der Waals surface area contributed by atoms with E-state index in [2.05, 4.69) is 6.92 Å². The lowest BCUT2D eigenvalue weighted by atomic mass is 10.1. The predicted octanol–water partition coefficient (Wildman–Crippen LogP) is 4.73. The smallest absolute Gasteiger partial charge is 0.266 e. The van der Waals surface area contributed by atoms with Crippen LogP contribution in [0.5, 0.6) is 0 Å². The number of fused-ring (bicyclic) bond motifs is 1. The van der Waals surface area contributed by atoms with Gasteiger partial charge in [0, 0.05) is 12.5 Å². The molecule has 0 radical (unpaired) electrons. The van der Waals surface area contributed by atoms with Crippen LogP contribution in [0.2, 0.25) is 0 Å². The number of para-hydroxylation sites is 2. The van der Waals surface area contributed by atoms with Gasteiger partial charge in [-0.3, -0.25) is 14.2 Å². The monoisotopic (exact) mass is 391 g/mol. The molecule has 0 spiro atoms. The van der Waals surface area contributed by atoms with E-state index in [0.717, 1.165) is 12.1 Å². The van der Waals surface area contributed by atoms with Crippen LogP contribution in [-0.2, 0) is 4.79 Å². The lowest BCUT2D eigenvalue weighted by molar-refractivity contribution is -0.137. The molecule has 1 atom stereocenters. The van der Waals surface area contributed by atoms with E-state index in [1.807, 2.05) is 74.2 Å². The molecule has 1 aromatic heterocycles. The Morgan fingerprint density at radius 3 is 2.31 bits per heavy atom. The molecular formula is C24H29N3O2. The van der Waals surface area contributed by atoms with Gasteiger partial charge in [-0.05, 0) is 37.1 Å². The van der Waals surface area contributed by atoms with Gasteiger partial charge in [-0.1, -0.05) is 58.0 Å². The fourth-order valence-corrected chi connectivity index (χ4v) is 3.73. The van der Waals surface area contributed by atoms with Crippen LogP contribution < -0.4 is 5.56 Å². The first-order valence-electron chi connectivity index (χ1n) is 10.4. The molecule has 1 unspecified atom stereocenters. The Labute approximate surface area is 172 Å². The number of aromatic nitrogens is 2. The van der Waals surface area contributed by atoms with E-state index in [0.29, 0.717) is 29.7 Å². The van der Waals surface area contributed by atoms with Gasteiger partial charge in [0.1, 0.15) is 5.82 Å². The Kier molecular flexibility index (Phi) is 6.47. The average Bonchev–Trinajstić information content (AvgIpc) is 2.74. The van der Waals surface area contributed by atoms with E-state index >= 15 is 0 Å². The van der Waals surface area contributed by atoms with Gasteiger partial charge in [0.15, 0.2) is 0 Å². The molecule has 3 rings (SSSR count). The summed E-state index contributed by atoms with van der Waals surface area (Å²) in [6.07, 6.45) is 1.52. The molecule has 3 aromatic rings. The molecule has 29 heavy (non-hydrogen) atoms. The number of nitrogens with zero attached hydrogens (tertiary/aromatic N) is 3. The zero-order chi connectivity index (χ0) is 21.0. The standard InChI is InChI=1S/C24H29N3O2/c1-5-16-26(23(28)17(3)4)21(6-2)22-25-20-15-11-10-14-19(20)24(29)27(22)18-12-8-7-9-13-18/h7-15,17,21H,5-6,16H2,1-4H3. The zero-order valence-corrected chi connectivity index (χ0v) is 17.6. The molecule has 1 heterocycles. The first kappa shape index (κ1) is 20.8. The number of amides is 1. The number of rotatable bonds is 7. The van der Waals surface area contributed by atoms with E-state index < -0.39 is 0 Å². The number of benzene rings is 2. The van der Waals surface area contributed by atoms with Crippen molar-refractivity contribution in [3.63, 3.8) is 0 Å². The van der Waals surface area contributed by atoms with Crippen molar-refractivity contribution < 1.29 is 4.79 Å². The van der Waals surface area contributed by atoms with Crippen molar-refractivity contribution in [3.05, 3.63) is 70.8 Å². The van der Waals surface area contributed by atoms with Crippen LogP contribution in [0.1, 0.15) is 52.4 Å². The maximum atomic E-state index is 13.5. The highest BCUT2D eigenvalue weighted by Crippen LogP contribution is 2.27. The lowest BCUT2D eigenvalue weighted by Crippen LogP contribution is -2.40. The van der Waals surface area contributed by atoms with E-state index in [9.17, 15) is 9.59 Å². The normalized spacial score (nSPS) is 12.3. The van der Waals surface area contributed by atoms with Gasteiger partial charge in [-0.2, -0.15) is 0 Å². The van der Waals surface area contributed by atoms with Crippen LogP contribution in [0.3, 0.4) is 0 Å². The minimum atomic E-state index is -0.276. The number of hydrogen-bond donors (Lipinski definition) is 0. The maximum Gasteiger partial charge on any atom is 0.266 e. The summed E-state index contributed by atoms with van der Waals surface area (Å²) in [5.74, 6) is 0.582. The van der Waals surface area contributed by atoms with Gasteiger partial charge in [0.2, 0.25) is 5.91 Å². The molecule has 0 aliphatic heterocycles. The van der Waals surface area contributed by atoms with Gasteiger partial charge in [-0.25, -0.2) is 4.98 Å². The fourth-order valence-electron chi connectivity index (χ4n) is 3.73. The van der Waals surface area contributed by atoms with Crippen LogP contribution in [0.4, 0.5) is 0 Å². The summed E-state index contributed by atoms with van der Waals surface area (Å²) in [4.78, 5) is 33.3. The number of carbonyl (C=O) groups is 1. The molecule has 2 aromatic carbocycles. The van der Waals surface area contributed by atoms with Crippen molar-refractivity contribution in [1.29, 1.82) is 0 Å². The summed E-state index contributed by atoms with van der Waals surface area (Å²) in [6, 6.07) is 16.7. The Hall–Kier alpha value is -2.95. The summed E-state index contributed by atoms with van der Waals surface area (Å²) < 4.78 is 1.67. The van der Waals surface area contributed by atoms with Crippen molar-refractivity contribution in [3.8, 4) is 5.69 Å². The third-order valence-electron chi connectivity index (χ3n) is 5.12. The molecule has 0 bridgehead atoms. The average molecular weight is 392 g/mol. The Balaban J connectivity index is 2.30. The van der Waals surface area contributed by atoms with Crippen molar-refractivity contribution in [1.82, 2.24) is 14.5 Å². The van der Waals surface area contributed by atoms with E-state index in [4.69, 9.17) is 4.98 Å². The minimum Gasteiger partial charge on any atom is -0.332 e. The molecule has 5 nitrogen and oxygen atoms in total. The largest absolute Gasteiger partial charge is 0.332 e. The zero-order valence-electron chi connectivity index (χ0n) is 17.6. The highest BCUT2D eigenvalue weighted by molar-refractivity contribution is 5.79. The molecule has 1 amide bonds. The highest BCUT2D eigenvalue weighted by atomic mass is 16.2. The first-order chi connectivity index (χ1) is 14.0. The van der Waals surface area contributed by atoms with Crippen molar-refractivity contribution in [2.24, 2.45) is 5.92 Å². The van der Waals surface area contributed by atoms with Crippen LogP contribution in [-0.4, -0.2) is 26.9 Å². The van der Waals surface area contributed by atoms with Crippen LogP contribution in [0.15, 0.2) is 59.4 Å². The number of hydrogen-bond acceptors (Lipinski definition) is 3. The molecule has 5 heteroatoms. The topological polar surface area (TPSA) is 55.2 Å². The maximum absolute atomic E-state index is 13.5. The summed E-state index contributed by atoms with van der Waals surface area (Å²) in [7, 11) is 0. The molecule has 152 valence electrons. The SMILES string of the molecule is CCCN(C(=O)C(C)C)C(CC)c1nc2ccccc2c(=O)n1-c1ccccc1. The fraction of sp³-hybridized carbons (Fsp3) is 0.375.